The molecule has 0 saturated heterocycles. The fourth-order valence-electron chi connectivity index (χ4n) is 3.67. The Labute approximate surface area is 181 Å². The summed E-state index contributed by atoms with van der Waals surface area (Å²) in [4.78, 5) is 6.28. The topological polar surface area (TPSA) is 67.5 Å². The third-order valence-corrected chi connectivity index (χ3v) is 5.54. The molecule has 158 valence electrons. The number of benzene rings is 1. The zero-order valence-electron chi connectivity index (χ0n) is 17.0. The first-order chi connectivity index (χ1) is 14.7. The van der Waals surface area contributed by atoms with Gasteiger partial charge in [0.25, 0.3) is 0 Å². The van der Waals surface area contributed by atoms with Gasteiger partial charge in [0.15, 0.2) is 0 Å². The maximum atomic E-state index is 6.37. The monoisotopic (exact) mass is 427 g/mol. The Balaban J connectivity index is 1.25. The number of aromatic nitrogens is 3. The van der Waals surface area contributed by atoms with Crippen molar-refractivity contribution in [3.05, 3.63) is 66.5 Å². The summed E-state index contributed by atoms with van der Waals surface area (Å²) < 4.78 is 13.6. The maximum Gasteiger partial charge on any atom is 0.230 e. The summed E-state index contributed by atoms with van der Waals surface area (Å²) in [5, 5.41) is 8.53. The molecule has 3 aromatic rings. The first-order valence-corrected chi connectivity index (χ1v) is 10.6. The Kier molecular flexibility index (Phi) is 6.81. The van der Waals surface area contributed by atoms with Crippen LogP contribution in [-0.4, -0.2) is 39.9 Å². The molecule has 2 aromatic heterocycles. The van der Waals surface area contributed by atoms with Gasteiger partial charge < -0.3 is 9.15 Å². The van der Waals surface area contributed by atoms with Crippen molar-refractivity contribution in [2.75, 3.05) is 18.1 Å². The highest BCUT2D eigenvalue weighted by Gasteiger charge is 2.27. The van der Waals surface area contributed by atoms with Crippen LogP contribution in [0.3, 0.4) is 0 Å². The van der Waals surface area contributed by atoms with Crippen LogP contribution in [0.4, 0.5) is 5.69 Å². The van der Waals surface area contributed by atoms with Crippen LogP contribution in [0, 0.1) is 0 Å². The van der Waals surface area contributed by atoms with Crippen molar-refractivity contribution in [1.29, 1.82) is 0 Å². The molecule has 30 heavy (non-hydrogen) atoms. The van der Waals surface area contributed by atoms with Crippen molar-refractivity contribution in [2.45, 2.75) is 44.2 Å². The van der Waals surface area contributed by atoms with Gasteiger partial charge in [-0.05, 0) is 50.9 Å². The second kappa shape index (κ2) is 9.91. The molecule has 4 rings (SSSR count). The lowest BCUT2D eigenvalue weighted by molar-refractivity contribution is 0.135. The van der Waals surface area contributed by atoms with Gasteiger partial charge in [0.1, 0.15) is 6.10 Å². The van der Waals surface area contributed by atoms with Crippen molar-refractivity contribution >= 4 is 17.5 Å². The summed E-state index contributed by atoms with van der Waals surface area (Å²) in [5.41, 5.74) is 0.946. The number of anilines is 1. The van der Waals surface area contributed by atoms with Crippen LogP contribution in [0.1, 0.15) is 43.4 Å². The summed E-state index contributed by atoms with van der Waals surface area (Å²) in [7, 11) is 1.97. The predicted molar refractivity (Wildman–Crippen MR) is 115 cm³/mol. The molecule has 1 aromatic carbocycles. The minimum atomic E-state index is 0.192. The van der Waals surface area contributed by atoms with Gasteiger partial charge in [-0.2, -0.15) is 0 Å². The van der Waals surface area contributed by atoms with Gasteiger partial charge in [0.05, 0.1) is 18.9 Å². The smallest absolute Gasteiger partial charge is 0.230 e. The van der Waals surface area contributed by atoms with E-state index in [1.807, 2.05) is 60.5 Å². The van der Waals surface area contributed by atoms with Crippen LogP contribution in [0.5, 0.6) is 5.88 Å². The molecule has 1 saturated carbocycles. The van der Waals surface area contributed by atoms with Crippen LogP contribution in [-0.2, 0) is 6.54 Å². The Bertz CT molecular complexity index is 900. The van der Waals surface area contributed by atoms with E-state index in [1.54, 1.807) is 10.6 Å². The fourth-order valence-corrected chi connectivity index (χ4v) is 3.97. The molecule has 2 heterocycles. The van der Waals surface area contributed by atoms with E-state index in [0.29, 0.717) is 25.0 Å². The van der Waals surface area contributed by atoms with Crippen LogP contribution >= 0.6 is 11.8 Å². The van der Waals surface area contributed by atoms with Gasteiger partial charge in [0, 0.05) is 30.0 Å². The van der Waals surface area contributed by atoms with Gasteiger partial charge in [-0.3, -0.25) is 9.32 Å². The van der Waals surface area contributed by atoms with Crippen molar-refractivity contribution in [2.24, 2.45) is 0 Å². The van der Waals surface area contributed by atoms with Gasteiger partial charge in [0.2, 0.25) is 17.7 Å². The summed E-state index contributed by atoms with van der Waals surface area (Å²) >= 11 is 6.37. The summed E-state index contributed by atoms with van der Waals surface area (Å²) in [5.74, 6) is 2.31. The van der Waals surface area contributed by atoms with Crippen LogP contribution in [0.2, 0.25) is 0 Å². The van der Waals surface area contributed by atoms with E-state index in [-0.39, 0.29) is 12.0 Å². The SMILES string of the molecule is CN(Cc1nnc(C2CCC(Oc3ccccn3)CC2)o1)CN(Cl)c1ccccc1. The van der Waals surface area contributed by atoms with Crippen molar-refractivity contribution in [3.8, 4) is 5.88 Å². The Morgan fingerprint density at radius 3 is 2.53 bits per heavy atom. The first kappa shape index (κ1) is 20.6. The summed E-state index contributed by atoms with van der Waals surface area (Å²) in [6, 6.07) is 15.6. The second-order valence-corrected chi connectivity index (χ2v) is 8.05. The van der Waals surface area contributed by atoms with E-state index in [2.05, 4.69) is 15.2 Å². The van der Waals surface area contributed by atoms with Crippen molar-refractivity contribution < 1.29 is 9.15 Å². The highest BCUT2D eigenvalue weighted by molar-refractivity contribution is 6.25. The van der Waals surface area contributed by atoms with E-state index >= 15 is 0 Å². The number of para-hydroxylation sites is 1. The van der Waals surface area contributed by atoms with E-state index in [0.717, 1.165) is 37.3 Å². The van der Waals surface area contributed by atoms with Crippen molar-refractivity contribution in [1.82, 2.24) is 20.1 Å². The van der Waals surface area contributed by atoms with E-state index in [1.165, 1.54) is 0 Å². The molecule has 7 nitrogen and oxygen atoms in total. The van der Waals surface area contributed by atoms with E-state index in [4.69, 9.17) is 20.9 Å². The maximum absolute atomic E-state index is 6.37. The lowest BCUT2D eigenvalue weighted by Crippen LogP contribution is -2.29. The molecule has 1 aliphatic rings. The molecular weight excluding hydrogens is 402 g/mol. The summed E-state index contributed by atoms with van der Waals surface area (Å²) in [6.07, 6.45) is 5.80. The highest BCUT2D eigenvalue weighted by atomic mass is 35.5. The standard InChI is InChI=1S/C22H26ClN5O2/c1-27(16-28(23)18-7-3-2-4-8-18)15-21-25-26-22(30-21)17-10-12-19(13-11-17)29-20-9-5-6-14-24-20/h2-9,14,17,19H,10-13,15-16H2,1H3. The number of hydrogen-bond acceptors (Lipinski definition) is 7. The molecule has 8 heteroatoms. The zero-order chi connectivity index (χ0) is 20.8. The lowest BCUT2D eigenvalue weighted by atomic mass is 9.87. The molecule has 0 spiro atoms. The van der Waals surface area contributed by atoms with E-state index < -0.39 is 0 Å². The summed E-state index contributed by atoms with van der Waals surface area (Å²) in [6.45, 7) is 1.08. The molecule has 0 atom stereocenters. The Hall–Kier alpha value is -2.64. The van der Waals surface area contributed by atoms with Gasteiger partial charge >= 0.3 is 0 Å². The average molecular weight is 428 g/mol. The number of halogens is 1. The van der Waals surface area contributed by atoms with Gasteiger partial charge in [-0.15, -0.1) is 10.2 Å². The minimum Gasteiger partial charge on any atom is -0.474 e. The van der Waals surface area contributed by atoms with Gasteiger partial charge in [-0.25, -0.2) is 4.98 Å². The Morgan fingerprint density at radius 1 is 1.03 bits per heavy atom. The molecule has 0 aliphatic heterocycles. The number of pyridine rings is 1. The number of ether oxygens (including phenoxy) is 1. The number of rotatable bonds is 8. The third kappa shape index (κ3) is 5.49. The molecule has 0 unspecified atom stereocenters. The van der Waals surface area contributed by atoms with Crippen molar-refractivity contribution in [3.63, 3.8) is 0 Å². The predicted octanol–water partition coefficient (Wildman–Crippen LogP) is 4.62. The van der Waals surface area contributed by atoms with E-state index in [9.17, 15) is 0 Å². The second-order valence-electron chi connectivity index (χ2n) is 7.65. The number of nitrogens with zero attached hydrogens (tertiary/aromatic N) is 5. The molecule has 0 radical (unpaired) electrons. The molecule has 0 N–H and O–H groups in total. The Morgan fingerprint density at radius 2 is 1.80 bits per heavy atom. The fraction of sp³-hybridized carbons (Fsp3) is 0.409. The molecule has 1 fully saturated rings. The highest BCUT2D eigenvalue weighted by Crippen LogP contribution is 2.33. The average Bonchev–Trinajstić information content (AvgIpc) is 3.24. The minimum absolute atomic E-state index is 0.192. The molecule has 1 aliphatic carbocycles. The number of hydrogen-bond donors (Lipinski definition) is 0. The molecular formula is C22H26ClN5O2. The van der Waals surface area contributed by atoms with Crippen LogP contribution < -0.4 is 9.16 Å². The quantitative estimate of drug-likeness (QED) is 0.383. The van der Waals surface area contributed by atoms with Crippen LogP contribution in [0.15, 0.2) is 59.1 Å². The largest absolute Gasteiger partial charge is 0.474 e. The third-order valence-electron chi connectivity index (χ3n) is 5.24. The normalized spacial score (nSPS) is 19.0. The zero-order valence-corrected chi connectivity index (χ0v) is 17.8. The lowest BCUT2D eigenvalue weighted by Gasteiger charge is -2.26. The van der Waals surface area contributed by atoms with Gasteiger partial charge in [-0.1, -0.05) is 24.3 Å². The van der Waals surface area contributed by atoms with Crippen LogP contribution in [0.25, 0.3) is 0 Å². The first-order valence-electron chi connectivity index (χ1n) is 10.2. The molecule has 0 bridgehead atoms. The molecule has 0 amide bonds.